The topological polar surface area (TPSA) is 61.5 Å². The average molecular weight is 325 g/mol. The molecule has 4 nitrogen and oxygen atoms in total. The van der Waals surface area contributed by atoms with Gasteiger partial charge in [-0.15, -0.1) is 12.4 Å². The Hall–Kier alpha value is -0.780. The fraction of sp³-hybridized carbons (Fsp3) is 0.364. The van der Waals surface area contributed by atoms with Crippen LogP contribution in [0.25, 0.3) is 0 Å². The smallest absolute Gasteiger partial charge is 0.307 e. The first-order valence-corrected chi connectivity index (χ1v) is 5.53. The third-order valence-corrected chi connectivity index (χ3v) is 2.84. The zero-order valence-electron chi connectivity index (χ0n) is 9.60. The highest BCUT2D eigenvalue weighted by Crippen LogP contribution is 2.28. The number of carbonyl (C=O) groups excluding carboxylic acids is 1. The quantitative estimate of drug-likeness (QED) is 0.864. The van der Waals surface area contributed by atoms with Crippen molar-refractivity contribution >= 4 is 34.3 Å². The minimum atomic E-state index is -0.366. The largest absolute Gasteiger partial charge is 0.496 e. The second kappa shape index (κ2) is 7.53. The highest BCUT2D eigenvalue weighted by molar-refractivity contribution is 9.10. The summed E-state index contributed by atoms with van der Waals surface area (Å²) in [5, 5.41) is 0. The third-order valence-electron chi connectivity index (χ3n) is 2.22. The molecule has 1 aromatic carbocycles. The Morgan fingerprint density at radius 1 is 1.47 bits per heavy atom. The molecule has 1 rings (SSSR count). The van der Waals surface area contributed by atoms with Gasteiger partial charge in [0.05, 0.1) is 25.1 Å². The number of benzene rings is 1. The van der Waals surface area contributed by atoms with E-state index in [1.54, 1.807) is 13.2 Å². The van der Waals surface area contributed by atoms with Gasteiger partial charge in [0.1, 0.15) is 5.75 Å². The summed E-state index contributed by atoms with van der Waals surface area (Å²) in [4.78, 5) is 11.1. The van der Waals surface area contributed by atoms with Gasteiger partial charge in [0.25, 0.3) is 0 Å². The van der Waals surface area contributed by atoms with Crippen LogP contribution in [0.4, 0.5) is 0 Å². The van der Waals surface area contributed by atoms with E-state index in [2.05, 4.69) is 20.7 Å². The summed E-state index contributed by atoms with van der Waals surface area (Å²) < 4.78 is 10.5. The van der Waals surface area contributed by atoms with Gasteiger partial charge >= 0.3 is 5.97 Å². The maximum absolute atomic E-state index is 11.1. The first-order valence-electron chi connectivity index (χ1n) is 4.74. The molecular weight excluding hydrogens is 309 g/mol. The SMILES string of the molecule is COC(=O)C[C@H](N)c1ccc(OC)c(Br)c1.Cl. The lowest BCUT2D eigenvalue weighted by atomic mass is 10.0. The van der Waals surface area contributed by atoms with Crippen molar-refractivity contribution < 1.29 is 14.3 Å². The van der Waals surface area contributed by atoms with E-state index in [1.807, 2.05) is 12.1 Å². The molecule has 0 spiro atoms. The van der Waals surface area contributed by atoms with Crippen molar-refractivity contribution in [3.63, 3.8) is 0 Å². The minimum absolute atomic E-state index is 0. The lowest BCUT2D eigenvalue weighted by Gasteiger charge is -2.12. The Kier molecular flexibility index (Phi) is 7.18. The fourth-order valence-corrected chi connectivity index (χ4v) is 1.85. The summed E-state index contributed by atoms with van der Waals surface area (Å²) in [7, 11) is 2.94. The van der Waals surface area contributed by atoms with Crippen LogP contribution in [-0.4, -0.2) is 20.2 Å². The standard InChI is InChI=1S/C11H14BrNO3.ClH/c1-15-10-4-3-7(5-8(10)12)9(13)6-11(14)16-2;/h3-5,9H,6,13H2,1-2H3;1H/t9-;/m0./s1. The second-order valence-corrected chi connectivity index (χ2v) is 4.14. The van der Waals surface area contributed by atoms with Crippen LogP contribution in [0.1, 0.15) is 18.0 Å². The predicted molar refractivity (Wildman–Crippen MR) is 71.5 cm³/mol. The van der Waals surface area contributed by atoms with Gasteiger partial charge in [0.2, 0.25) is 0 Å². The molecule has 0 aliphatic carbocycles. The average Bonchev–Trinajstić information content (AvgIpc) is 2.28. The van der Waals surface area contributed by atoms with Gasteiger partial charge in [-0.3, -0.25) is 4.79 Å². The van der Waals surface area contributed by atoms with Gasteiger partial charge < -0.3 is 15.2 Å². The van der Waals surface area contributed by atoms with Gasteiger partial charge in [-0.1, -0.05) is 6.07 Å². The second-order valence-electron chi connectivity index (χ2n) is 3.28. The number of hydrogen-bond acceptors (Lipinski definition) is 4. The zero-order chi connectivity index (χ0) is 12.1. The monoisotopic (exact) mass is 323 g/mol. The summed E-state index contributed by atoms with van der Waals surface area (Å²) in [6.45, 7) is 0. The van der Waals surface area contributed by atoms with E-state index in [9.17, 15) is 4.79 Å². The van der Waals surface area contributed by atoms with Crippen molar-refractivity contribution in [1.29, 1.82) is 0 Å². The molecular formula is C11H15BrClNO3. The minimum Gasteiger partial charge on any atom is -0.496 e. The number of hydrogen-bond donors (Lipinski definition) is 1. The Morgan fingerprint density at radius 3 is 2.59 bits per heavy atom. The first kappa shape index (κ1) is 16.2. The maximum Gasteiger partial charge on any atom is 0.307 e. The number of rotatable bonds is 4. The molecule has 0 saturated heterocycles. The van der Waals surface area contributed by atoms with E-state index >= 15 is 0 Å². The number of nitrogens with two attached hydrogens (primary N) is 1. The molecule has 1 atom stereocenters. The van der Waals surface area contributed by atoms with Crippen LogP contribution in [0.3, 0.4) is 0 Å². The van der Waals surface area contributed by atoms with E-state index < -0.39 is 0 Å². The molecule has 0 bridgehead atoms. The van der Waals surface area contributed by atoms with Crippen LogP contribution in [0.2, 0.25) is 0 Å². The number of carbonyl (C=O) groups is 1. The molecule has 0 aliphatic rings. The highest BCUT2D eigenvalue weighted by Gasteiger charge is 2.13. The lowest BCUT2D eigenvalue weighted by Crippen LogP contribution is -2.16. The molecule has 0 aliphatic heterocycles. The molecule has 0 aromatic heterocycles. The highest BCUT2D eigenvalue weighted by atomic mass is 79.9. The van der Waals surface area contributed by atoms with E-state index in [0.717, 1.165) is 15.8 Å². The molecule has 0 fully saturated rings. The Balaban J connectivity index is 0.00000256. The maximum atomic E-state index is 11.1. The normalized spacial score (nSPS) is 11.3. The van der Waals surface area contributed by atoms with Crippen molar-refractivity contribution in [1.82, 2.24) is 0 Å². The molecule has 0 unspecified atom stereocenters. The Bertz CT molecular complexity index is 387. The molecule has 0 saturated carbocycles. The van der Waals surface area contributed by atoms with Crippen LogP contribution >= 0.6 is 28.3 Å². The molecule has 96 valence electrons. The van der Waals surface area contributed by atoms with Crippen LogP contribution in [0.15, 0.2) is 22.7 Å². The first-order chi connectivity index (χ1) is 7.58. The van der Waals surface area contributed by atoms with E-state index in [-0.39, 0.29) is 30.8 Å². The third kappa shape index (κ3) is 4.53. The van der Waals surface area contributed by atoms with Crippen molar-refractivity contribution in [3.05, 3.63) is 28.2 Å². The van der Waals surface area contributed by atoms with E-state index in [4.69, 9.17) is 10.5 Å². The van der Waals surface area contributed by atoms with Crippen molar-refractivity contribution in [2.24, 2.45) is 5.73 Å². The zero-order valence-corrected chi connectivity index (χ0v) is 12.0. The summed E-state index contributed by atoms with van der Waals surface area (Å²) in [5.41, 5.74) is 6.73. The van der Waals surface area contributed by atoms with Crippen molar-refractivity contribution in [2.45, 2.75) is 12.5 Å². The molecule has 17 heavy (non-hydrogen) atoms. The van der Waals surface area contributed by atoms with Crippen LogP contribution in [0.5, 0.6) is 5.75 Å². The molecule has 0 amide bonds. The van der Waals surface area contributed by atoms with Gasteiger partial charge in [0, 0.05) is 6.04 Å². The fourth-order valence-electron chi connectivity index (χ4n) is 1.29. The summed E-state index contributed by atoms with van der Waals surface area (Å²) in [6, 6.07) is 5.11. The number of esters is 1. The lowest BCUT2D eigenvalue weighted by molar-refractivity contribution is -0.141. The summed E-state index contributed by atoms with van der Waals surface area (Å²) in [6.07, 6.45) is 0.162. The summed E-state index contributed by atoms with van der Waals surface area (Å²) >= 11 is 3.36. The molecule has 1 aromatic rings. The molecule has 2 N–H and O–H groups in total. The van der Waals surface area contributed by atoms with Crippen LogP contribution < -0.4 is 10.5 Å². The van der Waals surface area contributed by atoms with Crippen molar-refractivity contribution in [3.8, 4) is 5.75 Å². The number of ether oxygens (including phenoxy) is 2. The van der Waals surface area contributed by atoms with Gasteiger partial charge in [0.15, 0.2) is 0 Å². The Morgan fingerprint density at radius 2 is 2.12 bits per heavy atom. The predicted octanol–water partition coefficient (Wildman–Crippen LogP) is 2.44. The molecule has 0 radical (unpaired) electrons. The summed E-state index contributed by atoms with van der Waals surface area (Å²) in [5.74, 6) is 0.411. The van der Waals surface area contributed by atoms with Gasteiger partial charge in [-0.05, 0) is 33.6 Å². The van der Waals surface area contributed by atoms with Gasteiger partial charge in [-0.25, -0.2) is 0 Å². The number of methoxy groups -OCH3 is 2. The van der Waals surface area contributed by atoms with E-state index in [0.29, 0.717) is 0 Å². The van der Waals surface area contributed by atoms with Crippen molar-refractivity contribution in [2.75, 3.05) is 14.2 Å². The van der Waals surface area contributed by atoms with Crippen LogP contribution in [0, 0.1) is 0 Å². The number of halogens is 2. The molecule has 0 heterocycles. The Labute approximate surface area is 115 Å². The van der Waals surface area contributed by atoms with Crippen LogP contribution in [-0.2, 0) is 9.53 Å². The molecule has 6 heteroatoms. The van der Waals surface area contributed by atoms with Gasteiger partial charge in [-0.2, -0.15) is 0 Å². The van der Waals surface area contributed by atoms with E-state index in [1.165, 1.54) is 7.11 Å².